The van der Waals surface area contributed by atoms with Crippen LogP contribution in [0.4, 0.5) is 5.69 Å². The summed E-state index contributed by atoms with van der Waals surface area (Å²) in [5, 5.41) is 3.06. The number of nitrogens with one attached hydrogen (secondary N) is 1. The zero-order valence-electron chi connectivity index (χ0n) is 16.0. The van der Waals surface area contributed by atoms with Crippen LogP contribution in [0.5, 0.6) is 5.75 Å². The lowest BCUT2D eigenvalue weighted by atomic mass is 10.1. The number of para-hydroxylation sites is 2. The number of amides is 1. The summed E-state index contributed by atoms with van der Waals surface area (Å²) in [5.41, 5.74) is 8.01. The standard InChI is InChI=1S/C21H26N4O2.HI/c1-27-19-10-6-5-9-18(19)24-21(22)23-14-17-13-20(26)25(15-17)12-11-16-7-3-2-4-8-16;/h2-10,17H,11-15H2,1H3,(H3,22,23,24);1H. The fourth-order valence-corrected chi connectivity index (χ4v) is 3.25. The SMILES string of the molecule is COc1ccccc1NC(N)=NCC1CC(=O)N(CCc2ccccc2)C1.I. The Balaban J connectivity index is 0.00000280. The Morgan fingerprint density at radius 1 is 1.21 bits per heavy atom. The van der Waals surface area contributed by atoms with E-state index in [2.05, 4.69) is 22.4 Å². The highest BCUT2D eigenvalue weighted by molar-refractivity contribution is 14.0. The number of carbonyl (C=O) groups excluding carboxylic acids is 1. The zero-order valence-corrected chi connectivity index (χ0v) is 18.3. The number of hydrogen-bond acceptors (Lipinski definition) is 3. The van der Waals surface area contributed by atoms with E-state index >= 15 is 0 Å². The van der Waals surface area contributed by atoms with E-state index in [0.717, 1.165) is 25.2 Å². The van der Waals surface area contributed by atoms with Gasteiger partial charge in [0.2, 0.25) is 5.91 Å². The van der Waals surface area contributed by atoms with E-state index in [4.69, 9.17) is 10.5 Å². The van der Waals surface area contributed by atoms with Gasteiger partial charge in [-0.2, -0.15) is 0 Å². The summed E-state index contributed by atoms with van der Waals surface area (Å²) in [6, 6.07) is 17.8. The van der Waals surface area contributed by atoms with Crippen molar-refractivity contribution in [2.75, 3.05) is 32.1 Å². The fourth-order valence-electron chi connectivity index (χ4n) is 3.25. The first-order chi connectivity index (χ1) is 13.2. The minimum atomic E-state index is 0. The first-order valence-electron chi connectivity index (χ1n) is 9.17. The van der Waals surface area contributed by atoms with E-state index in [1.807, 2.05) is 47.4 Å². The van der Waals surface area contributed by atoms with Gasteiger partial charge in [0, 0.05) is 32.0 Å². The van der Waals surface area contributed by atoms with Crippen LogP contribution in [-0.2, 0) is 11.2 Å². The number of guanidine groups is 1. The van der Waals surface area contributed by atoms with Crippen LogP contribution in [0.3, 0.4) is 0 Å². The molecule has 1 heterocycles. The van der Waals surface area contributed by atoms with Crippen LogP contribution in [0.25, 0.3) is 0 Å². The molecule has 28 heavy (non-hydrogen) atoms. The first-order valence-corrected chi connectivity index (χ1v) is 9.17. The highest BCUT2D eigenvalue weighted by atomic mass is 127. The third kappa shape index (κ3) is 6.12. The van der Waals surface area contributed by atoms with Crippen molar-refractivity contribution in [1.82, 2.24) is 4.90 Å². The minimum Gasteiger partial charge on any atom is -0.495 e. The molecule has 1 amide bonds. The van der Waals surface area contributed by atoms with E-state index in [0.29, 0.717) is 24.7 Å². The molecule has 0 aliphatic carbocycles. The molecule has 1 atom stereocenters. The topological polar surface area (TPSA) is 80.0 Å². The second-order valence-corrected chi connectivity index (χ2v) is 6.70. The molecule has 6 nitrogen and oxygen atoms in total. The Bertz CT molecular complexity index is 798. The van der Waals surface area contributed by atoms with Crippen LogP contribution < -0.4 is 15.8 Å². The average Bonchev–Trinajstić information content (AvgIpc) is 3.05. The Morgan fingerprint density at radius 2 is 1.93 bits per heavy atom. The molecule has 1 fully saturated rings. The van der Waals surface area contributed by atoms with Gasteiger partial charge in [-0.1, -0.05) is 42.5 Å². The molecule has 1 saturated heterocycles. The van der Waals surface area contributed by atoms with Gasteiger partial charge >= 0.3 is 0 Å². The van der Waals surface area contributed by atoms with Crippen molar-refractivity contribution in [2.45, 2.75) is 12.8 Å². The molecule has 2 aromatic carbocycles. The molecule has 3 rings (SSSR count). The van der Waals surface area contributed by atoms with Crippen LogP contribution in [0.2, 0.25) is 0 Å². The van der Waals surface area contributed by atoms with Gasteiger partial charge in [-0.25, -0.2) is 0 Å². The highest BCUT2D eigenvalue weighted by Gasteiger charge is 2.28. The first kappa shape index (κ1) is 22.0. The summed E-state index contributed by atoms with van der Waals surface area (Å²) >= 11 is 0. The number of hydrogen-bond donors (Lipinski definition) is 2. The summed E-state index contributed by atoms with van der Waals surface area (Å²) in [4.78, 5) is 18.6. The summed E-state index contributed by atoms with van der Waals surface area (Å²) in [6.07, 6.45) is 1.40. The van der Waals surface area contributed by atoms with Gasteiger partial charge in [-0.15, -0.1) is 24.0 Å². The quantitative estimate of drug-likeness (QED) is 0.352. The molecule has 0 radical (unpaired) electrons. The van der Waals surface area contributed by atoms with E-state index in [1.165, 1.54) is 5.56 Å². The molecule has 0 spiro atoms. The number of benzene rings is 2. The zero-order chi connectivity index (χ0) is 19.1. The maximum atomic E-state index is 12.2. The summed E-state index contributed by atoms with van der Waals surface area (Å²) in [6.45, 7) is 2.01. The molecule has 150 valence electrons. The van der Waals surface area contributed by atoms with Gasteiger partial charge in [0.1, 0.15) is 5.75 Å². The number of ether oxygens (including phenoxy) is 1. The number of aliphatic imine (C=N–C) groups is 1. The molecule has 1 unspecified atom stereocenters. The smallest absolute Gasteiger partial charge is 0.223 e. The lowest BCUT2D eigenvalue weighted by Crippen LogP contribution is -2.28. The maximum Gasteiger partial charge on any atom is 0.223 e. The fraction of sp³-hybridized carbons (Fsp3) is 0.333. The van der Waals surface area contributed by atoms with Gasteiger partial charge in [0.15, 0.2) is 5.96 Å². The Morgan fingerprint density at radius 3 is 2.68 bits per heavy atom. The summed E-state index contributed by atoms with van der Waals surface area (Å²) < 4.78 is 5.29. The molecule has 0 saturated carbocycles. The van der Waals surface area contributed by atoms with Crippen LogP contribution in [0, 0.1) is 5.92 Å². The Labute approximate surface area is 183 Å². The van der Waals surface area contributed by atoms with E-state index < -0.39 is 0 Å². The van der Waals surface area contributed by atoms with Crippen molar-refractivity contribution in [2.24, 2.45) is 16.6 Å². The number of halogens is 1. The number of nitrogens with two attached hydrogens (primary N) is 1. The number of nitrogens with zero attached hydrogens (tertiary/aromatic N) is 2. The average molecular weight is 494 g/mol. The maximum absolute atomic E-state index is 12.2. The number of rotatable bonds is 7. The lowest BCUT2D eigenvalue weighted by Gasteiger charge is -2.16. The molecular weight excluding hydrogens is 467 g/mol. The third-order valence-electron chi connectivity index (χ3n) is 4.70. The predicted molar refractivity (Wildman–Crippen MR) is 123 cm³/mol. The van der Waals surface area contributed by atoms with Crippen molar-refractivity contribution in [3.05, 3.63) is 60.2 Å². The van der Waals surface area contributed by atoms with Crippen LogP contribution in [0.15, 0.2) is 59.6 Å². The van der Waals surface area contributed by atoms with Crippen LogP contribution in [-0.4, -0.2) is 43.5 Å². The highest BCUT2D eigenvalue weighted by Crippen LogP contribution is 2.23. The molecule has 1 aliphatic rings. The summed E-state index contributed by atoms with van der Waals surface area (Å²) in [5.74, 6) is 1.43. The normalized spacial score (nSPS) is 16.6. The van der Waals surface area contributed by atoms with Crippen molar-refractivity contribution in [1.29, 1.82) is 0 Å². The van der Waals surface area contributed by atoms with Crippen molar-refractivity contribution in [3.8, 4) is 5.75 Å². The van der Waals surface area contributed by atoms with Gasteiger partial charge < -0.3 is 20.7 Å². The second kappa shape index (κ2) is 10.9. The van der Waals surface area contributed by atoms with E-state index in [9.17, 15) is 4.79 Å². The van der Waals surface area contributed by atoms with Crippen molar-refractivity contribution < 1.29 is 9.53 Å². The van der Waals surface area contributed by atoms with Gasteiger partial charge in [-0.3, -0.25) is 9.79 Å². The summed E-state index contributed by atoms with van der Waals surface area (Å²) in [7, 11) is 1.61. The Kier molecular flexibility index (Phi) is 8.56. The molecule has 0 bridgehead atoms. The molecule has 3 N–H and O–H groups in total. The van der Waals surface area contributed by atoms with Gasteiger partial charge in [0.05, 0.1) is 12.8 Å². The third-order valence-corrected chi connectivity index (χ3v) is 4.70. The number of carbonyl (C=O) groups is 1. The van der Waals surface area contributed by atoms with Crippen LogP contribution in [0.1, 0.15) is 12.0 Å². The molecule has 2 aromatic rings. The van der Waals surface area contributed by atoms with Gasteiger partial charge in [-0.05, 0) is 24.1 Å². The number of methoxy groups -OCH3 is 1. The van der Waals surface area contributed by atoms with E-state index in [1.54, 1.807) is 7.11 Å². The molecule has 7 heteroatoms. The molecule has 0 aromatic heterocycles. The number of likely N-dealkylation sites (tertiary alicyclic amines) is 1. The second-order valence-electron chi connectivity index (χ2n) is 6.70. The minimum absolute atomic E-state index is 0. The van der Waals surface area contributed by atoms with E-state index in [-0.39, 0.29) is 35.8 Å². The van der Waals surface area contributed by atoms with Crippen LogP contribution >= 0.6 is 24.0 Å². The predicted octanol–water partition coefficient (Wildman–Crippen LogP) is 3.13. The van der Waals surface area contributed by atoms with Crippen molar-refractivity contribution in [3.63, 3.8) is 0 Å². The van der Waals surface area contributed by atoms with Crippen molar-refractivity contribution >= 4 is 41.5 Å². The molecular formula is C21H27IN4O2. The monoisotopic (exact) mass is 494 g/mol. The lowest BCUT2D eigenvalue weighted by molar-refractivity contribution is -0.127. The van der Waals surface area contributed by atoms with Gasteiger partial charge in [0.25, 0.3) is 0 Å². The largest absolute Gasteiger partial charge is 0.495 e. The molecule has 1 aliphatic heterocycles. The number of anilines is 1. The Hall–Kier alpha value is -2.29.